The summed E-state index contributed by atoms with van der Waals surface area (Å²) in [5, 5.41) is -0.0638. The van der Waals surface area contributed by atoms with Crippen LogP contribution in [0.5, 0.6) is 0 Å². The molecule has 0 nitrogen and oxygen atoms in total. The second kappa shape index (κ2) is 5.58. The summed E-state index contributed by atoms with van der Waals surface area (Å²) >= 11 is 6.54. The first-order valence-corrected chi connectivity index (χ1v) is 6.82. The van der Waals surface area contributed by atoms with Crippen LogP contribution in [0, 0.1) is 6.92 Å². The minimum atomic E-state index is -0.0638. The summed E-state index contributed by atoms with van der Waals surface area (Å²) in [5.74, 6) is 0.562. The van der Waals surface area contributed by atoms with Crippen molar-refractivity contribution in [3.63, 3.8) is 0 Å². The topological polar surface area (TPSA) is 0 Å². The van der Waals surface area contributed by atoms with Crippen LogP contribution >= 0.6 is 11.6 Å². The van der Waals surface area contributed by atoms with Gasteiger partial charge in [0.25, 0.3) is 0 Å². The Morgan fingerprint density at radius 1 is 0.833 bits per heavy atom. The predicted molar refractivity (Wildman–Crippen MR) is 79.4 cm³/mol. The van der Waals surface area contributed by atoms with Crippen molar-refractivity contribution >= 4 is 11.6 Å². The zero-order chi connectivity index (χ0) is 13.1. The molecule has 0 amide bonds. The SMILES string of the molecule is Cc1cccc(C(Cl)c2ccc(C(C)C)cc2)c1. The van der Waals surface area contributed by atoms with Crippen LogP contribution in [-0.4, -0.2) is 0 Å². The van der Waals surface area contributed by atoms with Gasteiger partial charge in [-0.2, -0.15) is 0 Å². The van der Waals surface area contributed by atoms with Crippen molar-refractivity contribution in [2.45, 2.75) is 32.1 Å². The first-order chi connectivity index (χ1) is 8.58. The molecule has 0 saturated heterocycles. The van der Waals surface area contributed by atoms with Gasteiger partial charge in [-0.15, -0.1) is 11.6 Å². The molecule has 2 aromatic rings. The molecular formula is C17H19Cl. The van der Waals surface area contributed by atoms with Crippen LogP contribution in [0.1, 0.15) is 47.4 Å². The molecule has 1 atom stereocenters. The third-order valence-electron chi connectivity index (χ3n) is 3.23. The number of aryl methyl sites for hydroxylation is 1. The highest BCUT2D eigenvalue weighted by atomic mass is 35.5. The molecule has 0 aromatic heterocycles. The van der Waals surface area contributed by atoms with Gasteiger partial charge >= 0.3 is 0 Å². The highest BCUT2D eigenvalue weighted by Gasteiger charge is 2.11. The van der Waals surface area contributed by atoms with Crippen molar-refractivity contribution in [3.8, 4) is 0 Å². The molecule has 0 saturated carbocycles. The van der Waals surface area contributed by atoms with Crippen molar-refractivity contribution in [1.29, 1.82) is 0 Å². The largest absolute Gasteiger partial charge is 0.113 e. The van der Waals surface area contributed by atoms with E-state index >= 15 is 0 Å². The lowest BCUT2D eigenvalue weighted by atomic mass is 9.98. The number of halogens is 1. The van der Waals surface area contributed by atoms with Gasteiger partial charge in [-0.05, 0) is 29.5 Å². The van der Waals surface area contributed by atoms with Crippen LogP contribution in [0.2, 0.25) is 0 Å². The summed E-state index contributed by atoms with van der Waals surface area (Å²) in [4.78, 5) is 0. The predicted octanol–water partition coefficient (Wildman–Crippen LogP) is 5.45. The van der Waals surface area contributed by atoms with Crippen LogP contribution in [0.15, 0.2) is 48.5 Å². The van der Waals surface area contributed by atoms with Gasteiger partial charge in [0.05, 0.1) is 5.38 Å². The van der Waals surface area contributed by atoms with E-state index in [0.717, 1.165) is 11.1 Å². The molecule has 0 fully saturated rings. The van der Waals surface area contributed by atoms with Gasteiger partial charge in [0, 0.05) is 0 Å². The second-order valence-electron chi connectivity index (χ2n) is 5.10. The Morgan fingerprint density at radius 3 is 2.00 bits per heavy atom. The van der Waals surface area contributed by atoms with Crippen molar-refractivity contribution in [2.75, 3.05) is 0 Å². The number of alkyl halides is 1. The highest BCUT2D eigenvalue weighted by Crippen LogP contribution is 2.30. The zero-order valence-corrected chi connectivity index (χ0v) is 11.9. The summed E-state index contributed by atoms with van der Waals surface area (Å²) in [7, 11) is 0. The molecule has 0 aliphatic rings. The molecule has 2 rings (SSSR count). The van der Waals surface area contributed by atoms with E-state index in [1.165, 1.54) is 11.1 Å². The van der Waals surface area contributed by atoms with E-state index in [4.69, 9.17) is 11.6 Å². The van der Waals surface area contributed by atoms with E-state index < -0.39 is 0 Å². The molecule has 0 N–H and O–H groups in total. The quantitative estimate of drug-likeness (QED) is 0.643. The molecule has 18 heavy (non-hydrogen) atoms. The monoisotopic (exact) mass is 258 g/mol. The van der Waals surface area contributed by atoms with Gasteiger partial charge in [0.1, 0.15) is 0 Å². The Bertz CT molecular complexity index is 511. The van der Waals surface area contributed by atoms with Crippen LogP contribution in [0.4, 0.5) is 0 Å². The molecule has 0 radical (unpaired) electrons. The van der Waals surface area contributed by atoms with Gasteiger partial charge in [-0.1, -0.05) is 67.9 Å². The molecule has 2 aromatic carbocycles. The lowest BCUT2D eigenvalue weighted by Crippen LogP contribution is -1.95. The van der Waals surface area contributed by atoms with Crippen molar-refractivity contribution in [1.82, 2.24) is 0 Å². The summed E-state index contributed by atoms with van der Waals surface area (Å²) in [6.45, 7) is 6.50. The minimum Gasteiger partial charge on any atom is -0.113 e. The van der Waals surface area contributed by atoms with Crippen LogP contribution in [0.25, 0.3) is 0 Å². The van der Waals surface area contributed by atoms with Crippen LogP contribution < -0.4 is 0 Å². The van der Waals surface area contributed by atoms with E-state index in [1.807, 2.05) is 0 Å². The average Bonchev–Trinajstić information content (AvgIpc) is 2.38. The van der Waals surface area contributed by atoms with Gasteiger partial charge in [0.15, 0.2) is 0 Å². The smallest absolute Gasteiger partial charge is 0.0835 e. The molecule has 0 bridgehead atoms. The average molecular weight is 259 g/mol. The molecule has 0 heterocycles. The first kappa shape index (κ1) is 13.2. The molecule has 0 aliphatic heterocycles. The lowest BCUT2D eigenvalue weighted by Gasteiger charge is -2.13. The molecular weight excluding hydrogens is 240 g/mol. The van der Waals surface area contributed by atoms with E-state index in [0.29, 0.717) is 5.92 Å². The normalized spacial score (nSPS) is 12.7. The fraction of sp³-hybridized carbons (Fsp3) is 0.294. The van der Waals surface area contributed by atoms with Gasteiger partial charge in [-0.3, -0.25) is 0 Å². The maximum absolute atomic E-state index is 6.54. The zero-order valence-electron chi connectivity index (χ0n) is 11.2. The Hall–Kier alpha value is -1.27. The fourth-order valence-corrected chi connectivity index (χ4v) is 2.35. The van der Waals surface area contributed by atoms with E-state index in [-0.39, 0.29) is 5.38 Å². The van der Waals surface area contributed by atoms with Crippen LogP contribution in [-0.2, 0) is 0 Å². The van der Waals surface area contributed by atoms with E-state index in [2.05, 4.69) is 69.3 Å². The molecule has 1 unspecified atom stereocenters. The van der Waals surface area contributed by atoms with Crippen molar-refractivity contribution in [3.05, 3.63) is 70.8 Å². The van der Waals surface area contributed by atoms with Gasteiger partial charge in [-0.25, -0.2) is 0 Å². The number of benzene rings is 2. The fourth-order valence-electron chi connectivity index (χ4n) is 2.07. The number of hydrogen-bond donors (Lipinski definition) is 0. The third kappa shape index (κ3) is 2.94. The number of rotatable bonds is 3. The Labute approximate surface area is 115 Å². The minimum absolute atomic E-state index is 0.0638. The maximum Gasteiger partial charge on any atom is 0.0835 e. The maximum atomic E-state index is 6.54. The van der Waals surface area contributed by atoms with Crippen molar-refractivity contribution in [2.24, 2.45) is 0 Å². The second-order valence-corrected chi connectivity index (χ2v) is 5.53. The summed E-state index contributed by atoms with van der Waals surface area (Å²) < 4.78 is 0. The van der Waals surface area contributed by atoms with E-state index in [1.54, 1.807) is 0 Å². The van der Waals surface area contributed by atoms with Crippen molar-refractivity contribution < 1.29 is 0 Å². The Morgan fingerprint density at radius 2 is 1.44 bits per heavy atom. The first-order valence-electron chi connectivity index (χ1n) is 6.38. The number of hydrogen-bond acceptors (Lipinski definition) is 0. The molecule has 0 spiro atoms. The van der Waals surface area contributed by atoms with Gasteiger partial charge < -0.3 is 0 Å². The van der Waals surface area contributed by atoms with Crippen LogP contribution in [0.3, 0.4) is 0 Å². The van der Waals surface area contributed by atoms with E-state index in [9.17, 15) is 0 Å². The standard InChI is InChI=1S/C17H19Cl/c1-12(2)14-7-9-15(10-8-14)17(18)16-6-4-5-13(3)11-16/h4-12,17H,1-3H3. The van der Waals surface area contributed by atoms with Gasteiger partial charge in [0.2, 0.25) is 0 Å². The summed E-state index contributed by atoms with van der Waals surface area (Å²) in [6, 6.07) is 17.0. The summed E-state index contributed by atoms with van der Waals surface area (Å²) in [5.41, 5.74) is 4.92. The molecule has 1 heteroatoms. The summed E-state index contributed by atoms with van der Waals surface area (Å²) in [6.07, 6.45) is 0. The highest BCUT2D eigenvalue weighted by molar-refractivity contribution is 6.22. The lowest BCUT2D eigenvalue weighted by molar-refractivity contribution is 0.865. The molecule has 94 valence electrons. The third-order valence-corrected chi connectivity index (χ3v) is 3.73. The Balaban J connectivity index is 2.26. The molecule has 0 aliphatic carbocycles. The Kier molecular flexibility index (Phi) is 4.08.